The van der Waals surface area contributed by atoms with Crippen molar-refractivity contribution in [3.8, 4) is 0 Å². The van der Waals surface area contributed by atoms with Crippen molar-refractivity contribution in [1.29, 1.82) is 0 Å². The van der Waals surface area contributed by atoms with E-state index in [0.29, 0.717) is 12.1 Å². The number of rotatable bonds is 5. The molecule has 0 bridgehead atoms. The second kappa shape index (κ2) is 7.09. The summed E-state index contributed by atoms with van der Waals surface area (Å²) in [4.78, 5) is 0. The van der Waals surface area contributed by atoms with Gasteiger partial charge >= 0.3 is 0 Å². The zero-order chi connectivity index (χ0) is 13.7. The van der Waals surface area contributed by atoms with Crippen LogP contribution in [0.3, 0.4) is 0 Å². The van der Waals surface area contributed by atoms with Gasteiger partial charge < -0.3 is 5.32 Å². The van der Waals surface area contributed by atoms with Crippen molar-refractivity contribution >= 4 is 0 Å². The Balaban J connectivity index is 1.85. The molecule has 0 aliphatic heterocycles. The summed E-state index contributed by atoms with van der Waals surface area (Å²) < 4.78 is 0. The van der Waals surface area contributed by atoms with Gasteiger partial charge in [-0.15, -0.1) is 0 Å². The lowest BCUT2D eigenvalue weighted by atomic mass is 9.81. The Morgan fingerprint density at radius 1 is 1.11 bits per heavy atom. The molecule has 3 unspecified atom stereocenters. The number of benzene rings is 1. The zero-order valence-electron chi connectivity index (χ0n) is 12.7. The van der Waals surface area contributed by atoms with Gasteiger partial charge in [-0.1, -0.05) is 57.0 Å². The maximum Gasteiger partial charge on any atom is 0.0294 e. The monoisotopic (exact) mass is 259 g/mol. The zero-order valence-corrected chi connectivity index (χ0v) is 12.7. The van der Waals surface area contributed by atoms with Crippen LogP contribution in [-0.2, 0) is 0 Å². The Morgan fingerprint density at radius 2 is 1.84 bits per heavy atom. The molecule has 0 amide bonds. The van der Waals surface area contributed by atoms with Crippen molar-refractivity contribution in [3.63, 3.8) is 0 Å². The SMILES string of the molecule is CC(C)CC1CCCC(NC(C)c2ccccc2)C1. The highest BCUT2D eigenvalue weighted by Gasteiger charge is 2.23. The average molecular weight is 259 g/mol. The predicted octanol–water partition coefficient (Wildman–Crippen LogP) is 4.94. The molecule has 3 atom stereocenters. The van der Waals surface area contributed by atoms with Crippen LogP contribution in [0.5, 0.6) is 0 Å². The second-order valence-electron chi connectivity index (χ2n) is 6.66. The molecule has 1 aliphatic carbocycles. The third-order valence-electron chi connectivity index (χ3n) is 4.37. The van der Waals surface area contributed by atoms with Crippen LogP contribution in [0.25, 0.3) is 0 Å². The van der Waals surface area contributed by atoms with Gasteiger partial charge in [0.2, 0.25) is 0 Å². The molecule has 2 rings (SSSR count). The van der Waals surface area contributed by atoms with Crippen LogP contribution in [-0.4, -0.2) is 6.04 Å². The van der Waals surface area contributed by atoms with Crippen molar-refractivity contribution in [1.82, 2.24) is 5.32 Å². The highest BCUT2D eigenvalue weighted by molar-refractivity contribution is 5.18. The summed E-state index contributed by atoms with van der Waals surface area (Å²) in [6, 6.07) is 12.0. The minimum Gasteiger partial charge on any atom is -0.307 e. The molecule has 0 aromatic heterocycles. The fourth-order valence-electron chi connectivity index (χ4n) is 3.51. The normalized spacial score (nSPS) is 25.5. The van der Waals surface area contributed by atoms with Crippen LogP contribution >= 0.6 is 0 Å². The molecule has 0 heterocycles. The first-order chi connectivity index (χ1) is 9.15. The number of nitrogens with one attached hydrogen (secondary N) is 1. The maximum atomic E-state index is 3.84. The van der Waals surface area contributed by atoms with Gasteiger partial charge in [0.05, 0.1) is 0 Å². The number of hydrogen-bond donors (Lipinski definition) is 1. The Kier molecular flexibility index (Phi) is 5.45. The molecule has 1 heteroatoms. The average Bonchev–Trinajstić information content (AvgIpc) is 2.39. The van der Waals surface area contributed by atoms with E-state index in [1.807, 2.05) is 0 Å². The molecule has 1 nitrogen and oxygen atoms in total. The fourth-order valence-corrected chi connectivity index (χ4v) is 3.51. The van der Waals surface area contributed by atoms with Gasteiger partial charge in [0.15, 0.2) is 0 Å². The molecule has 19 heavy (non-hydrogen) atoms. The summed E-state index contributed by atoms with van der Waals surface area (Å²) in [5, 5.41) is 3.84. The van der Waals surface area contributed by atoms with Gasteiger partial charge in [0.25, 0.3) is 0 Å². The summed E-state index contributed by atoms with van der Waals surface area (Å²) in [6.07, 6.45) is 6.96. The molecule has 1 fully saturated rings. The van der Waals surface area contributed by atoms with Gasteiger partial charge in [-0.2, -0.15) is 0 Å². The topological polar surface area (TPSA) is 12.0 Å². The molecule has 106 valence electrons. The molecule has 0 saturated heterocycles. The first-order valence-corrected chi connectivity index (χ1v) is 7.96. The fraction of sp³-hybridized carbons (Fsp3) is 0.667. The third-order valence-corrected chi connectivity index (χ3v) is 4.37. The molecule has 1 aromatic rings. The maximum absolute atomic E-state index is 3.84. The van der Waals surface area contributed by atoms with E-state index in [4.69, 9.17) is 0 Å². The van der Waals surface area contributed by atoms with E-state index < -0.39 is 0 Å². The van der Waals surface area contributed by atoms with E-state index in [1.54, 1.807) is 0 Å². The molecule has 0 radical (unpaired) electrons. The van der Waals surface area contributed by atoms with E-state index in [-0.39, 0.29) is 0 Å². The van der Waals surface area contributed by atoms with Gasteiger partial charge in [-0.3, -0.25) is 0 Å². The molecule has 0 spiro atoms. The number of hydrogen-bond acceptors (Lipinski definition) is 1. The van der Waals surface area contributed by atoms with E-state index in [2.05, 4.69) is 56.4 Å². The summed E-state index contributed by atoms with van der Waals surface area (Å²) in [5.74, 6) is 1.78. The van der Waals surface area contributed by atoms with Crippen molar-refractivity contribution < 1.29 is 0 Å². The Hall–Kier alpha value is -0.820. The van der Waals surface area contributed by atoms with Crippen molar-refractivity contribution in [3.05, 3.63) is 35.9 Å². The first kappa shape index (κ1) is 14.6. The Bertz CT molecular complexity index is 357. The van der Waals surface area contributed by atoms with Crippen molar-refractivity contribution in [2.45, 2.75) is 65.0 Å². The Labute approximate surface area is 118 Å². The highest BCUT2D eigenvalue weighted by atomic mass is 14.9. The van der Waals surface area contributed by atoms with Crippen LogP contribution in [0.4, 0.5) is 0 Å². The van der Waals surface area contributed by atoms with Crippen LogP contribution in [0.15, 0.2) is 30.3 Å². The summed E-state index contributed by atoms with van der Waals surface area (Å²) in [5.41, 5.74) is 1.41. The van der Waals surface area contributed by atoms with Crippen molar-refractivity contribution in [2.75, 3.05) is 0 Å². The largest absolute Gasteiger partial charge is 0.307 e. The second-order valence-corrected chi connectivity index (χ2v) is 6.66. The predicted molar refractivity (Wildman–Crippen MR) is 83.2 cm³/mol. The molecule has 1 aliphatic rings. The summed E-state index contributed by atoms with van der Waals surface area (Å²) >= 11 is 0. The van der Waals surface area contributed by atoms with Gasteiger partial charge in [-0.05, 0) is 43.6 Å². The van der Waals surface area contributed by atoms with E-state index in [1.165, 1.54) is 37.7 Å². The van der Waals surface area contributed by atoms with Crippen molar-refractivity contribution in [2.24, 2.45) is 11.8 Å². The standard InChI is InChI=1S/C18H29N/c1-14(2)12-16-8-7-11-18(13-16)19-15(3)17-9-5-4-6-10-17/h4-6,9-10,14-16,18-19H,7-8,11-13H2,1-3H3. The lowest BCUT2D eigenvalue weighted by molar-refractivity contribution is 0.242. The summed E-state index contributed by atoms with van der Waals surface area (Å²) in [6.45, 7) is 6.99. The molecule has 1 N–H and O–H groups in total. The smallest absolute Gasteiger partial charge is 0.0294 e. The van der Waals surface area contributed by atoms with E-state index >= 15 is 0 Å². The molecule has 1 saturated carbocycles. The van der Waals surface area contributed by atoms with Gasteiger partial charge in [0, 0.05) is 12.1 Å². The first-order valence-electron chi connectivity index (χ1n) is 7.96. The minimum atomic E-state index is 0.476. The van der Waals surface area contributed by atoms with Crippen LogP contribution in [0.1, 0.15) is 64.5 Å². The van der Waals surface area contributed by atoms with Gasteiger partial charge in [-0.25, -0.2) is 0 Å². The Morgan fingerprint density at radius 3 is 2.53 bits per heavy atom. The lowest BCUT2D eigenvalue weighted by Crippen LogP contribution is -2.36. The molecule has 1 aromatic carbocycles. The lowest BCUT2D eigenvalue weighted by Gasteiger charge is -2.33. The minimum absolute atomic E-state index is 0.476. The third kappa shape index (κ3) is 4.65. The molecular formula is C18H29N. The quantitative estimate of drug-likeness (QED) is 0.789. The van der Waals surface area contributed by atoms with Crippen LogP contribution in [0, 0.1) is 11.8 Å². The van der Waals surface area contributed by atoms with E-state index in [9.17, 15) is 0 Å². The van der Waals surface area contributed by atoms with Crippen LogP contribution < -0.4 is 5.32 Å². The molecular weight excluding hydrogens is 230 g/mol. The van der Waals surface area contributed by atoms with Gasteiger partial charge in [0.1, 0.15) is 0 Å². The van der Waals surface area contributed by atoms with Crippen LogP contribution in [0.2, 0.25) is 0 Å². The van der Waals surface area contributed by atoms with E-state index in [0.717, 1.165) is 11.8 Å². The summed E-state index contributed by atoms with van der Waals surface area (Å²) in [7, 11) is 0. The highest BCUT2D eigenvalue weighted by Crippen LogP contribution is 2.30.